The minimum absolute atomic E-state index is 0.378. The van der Waals surface area contributed by atoms with E-state index in [0.717, 1.165) is 0 Å². The van der Waals surface area contributed by atoms with Gasteiger partial charge in [-0.05, 0) is 47.8 Å². The van der Waals surface area contributed by atoms with Crippen molar-refractivity contribution < 1.29 is 0 Å². The smallest absolute Gasteiger partial charge is 0.0195 e. The van der Waals surface area contributed by atoms with Crippen LogP contribution >= 0.6 is 0 Å². The van der Waals surface area contributed by atoms with Gasteiger partial charge in [0.1, 0.15) is 0 Å². The van der Waals surface area contributed by atoms with Gasteiger partial charge in [-0.15, -0.1) is 0 Å². The lowest BCUT2D eigenvalue weighted by Gasteiger charge is -2.21. The van der Waals surface area contributed by atoms with E-state index in [-0.39, 0.29) is 0 Å². The van der Waals surface area contributed by atoms with Crippen LogP contribution < -0.4 is 0 Å². The standard InChI is InChI=1S/C16H22/c1-16(2,3)12-14-10-5-4-8-13-9-6-7-11-15(13)14/h6-7,9-11H,4-5,8,12H2,1-3H3. The summed E-state index contributed by atoms with van der Waals surface area (Å²) >= 11 is 0. The number of hydrogen-bond donors (Lipinski definition) is 0. The summed E-state index contributed by atoms with van der Waals surface area (Å²) in [5.41, 5.74) is 4.97. The molecule has 0 heterocycles. The maximum Gasteiger partial charge on any atom is -0.0195 e. The van der Waals surface area contributed by atoms with Gasteiger partial charge in [0.2, 0.25) is 0 Å². The molecule has 1 aromatic rings. The Labute approximate surface area is 99.4 Å². The highest BCUT2D eigenvalue weighted by Gasteiger charge is 2.17. The normalized spacial score (nSPS) is 16.3. The van der Waals surface area contributed by atoms with Crippen molar-refractivity contribution in [1.82, 2.24) is 0 Å². The molecule has 0 aliphatic heterocycles. The molecule has 16 heavy (non-hydrogen) atoms. The lowest BCUT2D eigenvalue weighted by atomic mass is 9.84. The largest absolute Gasteiger partial charge is 0.0807 e. The zero-order valence-corrected chi connectivity index (χ0v) is 10.7. The summed E-state index contributed by atoms with van der Waals surface area (Å²) in [5, 5.41) is 0. The van der Waals surface area contributed by atoms with Crippen molar-refractivity contribution in [2.45, 2.75) is 46.5 Å². The molecule has 86 valence electrons. The average Bonchev–Trinajstić information content (AvgIpc) is 2.39. The van der Waals surface area contributed by atoms with Crippen molar-refractivity contribution in [2.24, 2.45) is 5.41 Å². The Morgan fingerprint density at radius 2 is 1.88 bits per heavy atom. The van der Waals surface area contributed by atoms with Gasteiger partial charge in [0.15, 0.2) is 0 Å². The van der Waals surface area contributed by atoms with Crippen molar-refractivity contribution in [1.29, 1.82) is 0 Å². The van der Waals surface area contributed by atoms with Crippen LogP contribution in [0.4, 0.5) is 0 Å². The van der Waals surface area contributed by atoms with Gasteiger partial charge in [0.05, 0.1) is 0 Å². The number of fused-ring (bicyclic) bond motifs is 1. The molecule has 0 N–H and O–H groups in total. The zero-order chi connectivity index (χ0) is 11.6. The zero-order valence-electron chi connectivity index (χ0n) is 10.7. The maximum absolute atomic E-state index is 2.46. The number of benzene rings is 1. The van der Waals surface area contributed by atoms with Crippen LogP contribution in [0.3, 0.4) is 0 Å². The Morgan fingerprint density at radius 1 is 1.12 bits per heavy atom. The second-order valence-electron chi connectivity index (χ2n) is 6.02. The van der Waals surface area contributed by atoms with Crippen LogP contribution in [-0.4, -0.2) is 0 Å². The lowest BCUT2D eigenvalue weighted by molar-refractivity contribution is 0.427. The lowest BCUT2D eigenvalue weighted by Crippen LogP contribution is -2.06. The molecule has 0 saturated heterocycles. The van der Waals surface area contributed by atoms with Gasteiger partial charge in [-0.3, -0.25) is 0 Å². The molecule has 0 nitrogen and oxygen atoms in total. The van der Waals surface area contributed by atoms with Gasteiger partial charge in [0.25, 0.3) is 0 Å². The van der Waals surface area contributed by atoms with E-state index in [0.29, 0.717) is 5.41 Å². The van der Waals surface area contributed by atoms with Gasteiger partial charge in [0, 0.05) is 0 Å². The van der Waals surface area contributed by atoms with Gasteiger partial charge in [-0.1, -0.05) is 51.1 Å². The Kier molecular flexibility index (Phi) is 3.18. The van der Waals surface area contributed by atoms with Crippen molar-refractivity contribution in [3.63, 3.8) is 0 Å². The second-order valence-corrected chi connectivity index (χ2v) is 6.02. The first-order valence-electron chi connectivity index (χ1n) is 6.33. The molecule has 2 rings (SSSR count). The van der Waals surface area contributed by atoms with Crippen molar-refractivity contribution in [2.75, 3.05) is 0 Å². The summed E-state index contributed by atoms with van der Waals surface area (Å²) in [6.07, 6.45) is 7.41. The second kappa shape index (κ2) is 4.45. The minimum atomic E-state index is 0.378. The van der Waals surface area contributed by atoms with Gasteiger partial charge in [-0.2, -0.15) is 0 Å². The van der Waals surface area contributed by atoms with E-state index in [2.05, 4.69) is 51.1 Å². The molecule has 0 bridgehead atoms. The quantitative estimate of drug-likeness (QED) is 0.627. The van der Waals surface area contributed by atoms with E-state index in [1.54, 1.807) is 5.57 Å². The van der Waals surface area contributed by atoms with Crippen molar-refractivity contribution >= 4 is 5.57 Å². The predicted molar refractivity (Wildman–Crippen MR) is 71.4 cm³/mol. The molecular formula is C16H22. The molecular weight excluding hydrogens is 192 g/mol. The Hall–Kier alpha value is -1.04. The molecule has 0 aromatic heterocycles. The van der Waals surface area contributed by atoms with Crippen LogP contribution in [0, 0.1) is 5.41 Å². The summed E-state index contributed by atoms with van der Waals surface area (Å²) in [6.45, 7) is 6.96. The Balaban J connectivity index is 2.35. The highest BCUT2D eigenvalue weighted by Crippen LogP contribution is 2.34. The fourth-order valence-corrected chi connectivity index (χ4v) is 2.47. The van der Waals surface area contributed by atoms with Gasteiger partial charge < -0.3 is 0 Å². The van der Waals surface area contributed by atoms with E-state index in [1.165, 1.54) is 36.8 Å². The summed E-state index contributed by atoms with van der Waals surface area (Å²) in [5.74, 6) is 0. The van der Waals surface area contributed by atoms with Crippen molar-refractivity contribution in [3.05, 3.63) is 41.5 Å². The average molecular weight is 214 g/mol. The molecule has 0 heteroatoms. The van der Waals surface area contributed by atoms with Crippen LogP contribution in [0.25, 0.3) is 5.57 Å². The SMILES string of the molecule is CC(C)(C)CC1=CCCCc2ccccc21. The molecule has 0 unspecified atom stereocenters. The summed E-state index contributed by atoms with van der Waals surface area (Å²) in [7, 11) is 0. The third kappa shape index (κ3) is 2.75. The van der Waals surface area contributed by atoms with E-state index in [4.69, 9.17) is 0 Å². The Bertz CT molecular complexity index is 391. The van der Waals surface area contributed by atoms with Crippen LogP contribution in [-0.2, 0) is 6.42 Å². The monoisotopic (exact) mass is 214 g/mol. The summed E-state index contributed by atoms with van der Waals surface area (Å²) in [4.78, 5) is 0. The number of allylic oxidation sites excluding steroid dienone is 2. The van der Waals surface area contributed by atoms with E-state index < -0.39 is 0 Å². The van der Waals surface area contributed by atoms with E-state index >= 15 is 0 Å². The van der Waals surface area contributed by atoms with Crippen LogP contribution in [0.15, 0.2) is 30.3 Å². The highest BCUT2D eigenvalue weighted by atomic mass is 14.2. The predicted octanol–water partition coefficient (Wildman–Crippen LogP) is 4.84. The number of hydrogen-bond acceptors (Lipinski definition) is 0. The first-order chi connectivity index (χ1) is 7.56. The minimum Gasteiger partial charge on any atom is -0.0807 e. The molecule has 1 aromatic carbocycles. The Morgan fingerprint density at radius 3 is 2.62 bits per heavy atom. The molecule has 1 aliphatic carbocycles. The third-order valence-electron chi connectivity index (χ3n) is 3.13. The molecule has 0 atom stereocenters. The van der Waals surface area contributed by atoms with E-state index in [1.807, 2.05) is 0 Å². The van der Waals surface area contributed by atoms with Gasteiger partial charge in [-0.25, -0.2) is 0 Å². The summed E-state index contributed by atoms with van der Waals surface area (Å²) < 4.78 is 0. The van der Waals surface area contributed by atoms with Crippen LogP contribution in [0.5, 0.6) is 0 Å². The molecule has 0 saturated carbocycles. The number of rotatable bonds is 1. The fraction of sp³-hybridized carbons (Fsp3) is 0.500. The first kappa shape index (κ1) is 11.4. The maximum atomic E-state index is 2.46. The van der Waals surface area contributed by atoms with Crippen LogP contribution in [0.1, 0.15) is 51.2 Å². The first-order valence-corrected chi connectivity index (χ1v) is 6.33. The number of aryl methyl sites for hydroxylation is 1. The topological polar surface area (TPSA) is 0 Å². The fourth-order valence-electron chi connectivity index (χ4n) is 2.47. The molecule has 0 amide bonds. The summed E-state index contributed by atoms with van der Waals surface area (Å²) in [6, 6.07) is 8.91. The highest BCUT2D eigenvalue weighted by molar-refractivity contribution is 5.69. The van der Waals surface area contributed by atoms with Crippen molar-refractivity contribution in [3.8, 4) is 0 Å². The molecule has 0 spiro atoms. The molecule has 1 aliphatic rings. The molecule has 0 radical (unpaired) electrons. The van der Waals surface area contributed by atoms with E-state index in [9.17, 15) is 0 Å². The van der Waals surface area contributed by atoms with Crippen LogP contribution in [0.2, 0.25) is 0 Å². The molecule has 0 fully saturated rings. The third-order valence-corrected chi connectivity index (χ3v) is 3.13. The van der Waals surface area contributed by atoms with Gasteiger partial charge >= 0.3 is 0 Å².